The molecule has 1 heterocycles. The first-order chi connectivity index (χ1) is 9.20. The van der Waals surface area contributed by atoms with Gasteiger partial charge < -0.3 is 4.90 Å². The third-order valence-corrected chi connectivity index (χ3v) is 4.26. The third-order valence-electron chi connectivity index (χ3n) is 3.49. The Morgan fingerprint density at radius 2 is 2.05 bits per heavy atom. The van der Waals surface area contributed by atoms with Crippen molar-refractivity contribution in [2.75, 3.05) is 4.43 Å². The molecule has 0 bridgehead atoms. The Balaban J connectivity index is 2.03. The molecule has 2 nitrogen and oxygen atoms in total. The van der Waals surface area contributed by atoms with Crippen LogP contribution in [0.4, 0.5) is 0 Å². The largest absolute Gasteiger partial charge is 0.332 e. The topological polar surface area (TPSA) is 20.3 Å². The van der Waals surface area contributed by atoms with Gasteiger partial charge in [0.2, 0.25) is 5.91 Å². The lowest BCUT2D eigenvalue weighted by Crippen LogP contribution is -2.40. The van der Waals surface area contributed by atoms with Crippen LogP contribution in [0.2, 0.25) is 0 Å². The number of carbonyl (C=O) groups is 1. The van der Waals surface area contributed by atoms with Crippen LogP contribution in [0.15, 0.2) is 42.0 Å². The van der Waals surface area contributed by atoms with Crippen molar-refractivity contribution in [2.24, 2.45) is 0 Å². The van der Waals surface area contributed by atoms with Crippen LogP contribution in [0, 0.1) is 0 Å². The van der Waals surface area contributed by atoms with Crippen molar-refractivity contribution in [1.82, 2.24) is 4.90 Å². The van der Waals surface area contributed by atoms with Crippen molar-refractivity contribution < 1.29 is 4.79 Å². The van der Waals surface area contributed by atoms with E-state index >= 15 is 0 Å². The zero-order chi connectivity index (χ0) is 13.7. The Kier molecular flexibility index (Phi) is 5.43. The molecule has 102 valence electrons. The van der Waals surface area contributed by atoms with E-state index in [2.05, 4.69) is 47.7 Å². The molecular weight excluding hydrogens is 349 g/mol. The van der Waals surface area contributed by atoms with Crippen molar-refractivity contribution in [2.45, 2.75) is 38.8 Å². The minimum absolute atomic E-state index is 0.214. The number of halogens is 1. The summed E-state index contributed by atoms with van der Waals surface area (Å²) in [7, 11) is 0. The molecule has 1 amide bonds. The maximum Gasteiger partial charge on any atom is 0.227 e. The van der Waals surface area contributed by atoms with E-state index in [0.29, 0.717) is 6.42 Å². The summed E-state index contributed by atoms with van der Waals surface area (Å²) >= 11 is 2.39. The molecule has 0 N–H and O–H groups in total. The van der Waals surface area contributed by atoms with Crippen LogP contribution in [0.1, 0.15) is 31.7 Å². The summed E-state index contributed by atoms with van der Waals surface area (Å²) < 4.78 is 1.16. The van der Waals surface area contributed by atoms with Crippen molar-refractivity contribution in [3.05, 3.63) is 47.5 Å². The minimum Gasteiger partial charge on any atom is -0.332 e. The maximum absolute atomic E-state index is 12.3. The van der Waals surface area contributed by atoms with Gasteiger partial charge in [0.05, 0.1) is 0 Å². The molecule has 0 unspecified atom stereocenters. The lowest BCUT2D eigenvalue weighted by Gasteiger charge is -2.32. The van der Waals surface area contributed by atoms with Crippen molar-refractivity contribution in [1.29, 1.82) is 0 Å². The number of amides is 1. The summed E-state index contributed by atoms with van der Waals surface area (Å²) in [6.45, 7) is 2.83. The first kappa shape index (κ1) is 14.6. The minimum atomic E-state index is 0.214. The van der Waals surface area contributed by atoms with Crippen molar-refractivity contribution in [3.63, 3.8) is 0 Å². The van der Waals surface area contributed by atoms with Gasteiger partial charge in [-0.25, -0.2) is 0 Å². The maximum atomic E-state index is 12.3. The van der Waals surface area contributed by atoms with Gasteiger partial charge in [0.1, 0.15) is 0 Å². The van der Waals surface area contributed by atoms with Gasteiger partial charge in [0.25, 0.3) is 0 Å². The highest BCUT2D eigenvalue weighted by molar-refractivity contribution is 14.1. The van der Waals surface area contributed by atoms with Crippen LogP contribution in [0.3, 0.4) is 0 Å². The van der Waals surface area contributed by atoms with E-state index in [-0.39, 0.29) is 11.9 Å². The second kappa shape index (κ2) is 7.08. The molecular formula is C16H20INO. The van der Waals surface area contributed by atoms with Gasteiger partial charge in [-0.05, 0) is 29.8 Å². The van der Waals surface area contributed by atoms with Crippen LogP contribution in [0.5, 0.6) is 0 Å². The Morgan fingerprint density at radius 1 is 1.32 bits per heavy atom. The lowest BCUT2D eigenvalue weighted by atomic mass is 9.98. The molecule has 1 aromatic carbocycles. The Morgan fingerprint density at radius 3 is 2.68 bits per heavy atom. The fourth-order valence-corrected chi connectivity index (χ4v) is 2.87. The quantitative estimate of drug-likeness (QED) is 0.437. The summed E-state index contributed by atoms with van der Waals surface area (Å²) in [4.78, 5) is 14.2. The average molecular weight is 369 g/mol. The Labute approximate surface area is 129 Å². The van der Waals surface area contributed by atoms with Gasteiger partial charge in [-0.2, -0.15) is 0 Å². The van der Waals surface area contributed by atoms with E-state index in [1.807, 2.05) is 23.1 Å². The molecule has 0 aromatic heterocycles. The molecule has 1 atom stereocenters. The van der Waals surface area contributed by atoms with E-state index in [1.165, 1.54) is 17.6 Å². The molecule has 3 heteroatoms. The monoisotopic (exact) mass is 369 g/mol. The van der Waals surface area contributed by atoms with Gasteiger partial charge in [-0.1, -0.05) is 64.6 Å². The van der Waals surface area contributed by atoms with Crippen LogP contribution < -0.4 is 0 Å². The number of carbonyl (C=O) groups excluding carboxylic acids is 1. The predicted molar refractivity (Wildman–Crippen MR) is 87.3 cm³/mol. The first-order valence-electron chi connectivity index (χ1n) is 6.79. The molecule has 1 aliphatic heterocycles. The fraction of sp³-hybridized carbons (Fsp3) is 0.438. The smallest absolute Gasteiger partial charge is 0.227 e. The van der Waals surface area contributed by atoms with Crippen LogP contribution in [0.25, 0.3) is 0 Å². The zero-order valence-electron chi connectivity index (χ0n) is 11.3. The molecule has 19 heavy (non-hydrogen) atoms. The van der Waals surface area contributed by atoms with E-state index in [0.717, 1.165) is 17.4 Å². The van der Waals surface area contributed by atoms with Crippen molar-refractivity contribution >= 4 is 28.5 Å². The van der Waals surface area contributed by atoms with Gasteiger partial charge >= 0.3 is 0 Å². The van der Waals surface area contributed by atoms with E-state index in [1.54, 1.807) is 0 Å². The lowest BCUT2D eigenvalue weighted by molar-refractivity contribution is -0.133. The van der Waals surface area contributed by atoms with Gasteiger partial charge in [0.15, 0.2) is 0 Å². The zero-order valence-corrected chi connectivity index (χ0v) is 13.5. The average Bonchev–Trinajstić information content (AvgIpc) is 2.42. The summed E-state index contributed by atoms with van der Waals surface area (Å²) in [5.74, 6) is 0.266. The molecule has 0 radical (unpaired) electrons. The van der Waals surface area contributed by atoms with Gasteiger partial charge in [0, 0.05) is 19.0 Å². The first-order valence-corrected chi connectivity index (χ1v) is 8.32. The Hall–Kier alpha value is -0.840. The summed E-state index contributed by atoms with van der Waals surface area (Å²) in [6, 6.07) is 10.4. The van der Waals surface area contributed by atoms with E-state index in [9.17, 15) is 4.79 Å². The molecule has 1 aromatic rings. The number of alkyl halides is 1. The van der Waals surface area contributed by atoms with Gasteiger partial charge in [-0.15, -0.1) is 0 Å². The summed E-state index contributed by atoms with van der Waals surface area (Å²) in [5.41, 5.74) is 2.52. The fourth-order valence-electron chi connectivity index (χ4n) is 2.49. The highest BCUT2D eigenvalue weighted by Crippen LogP contribution is 2.23. The SMILES string of the molecule is C[C@H]1C=C(CCCI)CC(=O)N1Cc1ccccc1. The molecule has 2 rings (SSSR count). The second-order valence-electron chi connectivity index (χ2n) is 5.04. The highest BCUT2D eigenvalue weighted by atomic mass is 127. The number of rotatable bonds is 5. The number of hydrogen-bond donors (Lipinski definition) is 0. The van der Waals surface area contributed by atoms with Crippen LogP contribution in [-0.4, -0.2) is 21.3 Å². The summed E-state index contributed by atoms with van der Waals surface area (Å²) in [5, 5.41) is 0. The normalized spacial score (nSPS) is 19.5. The molecule has 1 aliphatic rings. The van der Waals surface area contributed by atoms with Crippen LogP contribution >= 0.6 is 22.6 Å². The number of hydrogen-bond acceptors (Lipinski definition) is 1. The van der Waals surface area contributed by atoms with Gasteiger partial charge in [-0.3, -0.25) is 4.79 Å². The van der Waals surface area contributed by atoms with Crippen molar-refractivity contribution in [3.8, 4) is 0 Å². The standard InChI is InChI=1S/C16H20INO/c1-13-10-15(8-5-9-17)11-16(19)18(13)12-14-6-3-2-4-7-14/h2-4,6-7,10,13H,5,8-9,11-12H2,1H3/t13-/m0/s1. The van der Waals surface area contributed by atoms with Crippen LogP contribution in [-0.2, 0) is 11.3 Å². The second-order valence-corrected chi connectivity index (χ2v) is 6.12. The number of nitrogens with zero attached hydrogens (tertiary/aromatic N) is 1. The third kappa shape index (κ3) is 4.06. The molecule has 0 aliphatic carbocycles. The van der Waals surface area contributed by atoms with E-state index < -0.39 is 0 Å². The molecule has 0 saturated carbocycles. The molecule has 0 spiro atoms. The van der Waals surface area contributed by atoms with E-state index in [4.69, 9.17) is 0 Å². The molecule has 0 saturated heterocycles. The summed E-state index contributed by atoms with van der Waals surface area (Å²) in [6.07, 6.45) is 5.12. The number of benzene rings is 1. The molecule has 0 fully saturated rings. The predicted octanol–water partition coefficient (Wildman–Crippen LogP) is 3.95. The Bertz CT molecular complexity index is 455. The highest BCUT2D eigenvalue weighted by Gasteiger charge is 2.24.